The summed E-state index contributed by atoms with van der Waals surface area (Å²) in [5.41, 5.74) is 15.5. The van der Waals surface area contributed by atoms with Crippen LogP contribution in [-0.4, -0.2) is 17.0 Å². The van der Waals surface area contributed by atoms with E-state index in [2.05, 4.69) is 9.98 Å². The molecule has 80 valence electrons. The number of hydrogen-bond donors (Lipinski definition) is 4. The molecule has 0 heterocycles. The Kier molecular flexibility index (Phi) is 3.06. The van der Waals surface area contributed by atoms with Crippen LogP contribution in [0.5, 0.6) is 5.75 Å². The van der Waals surface area contributed by atoms with Crippen molar-refractivity contribution in [3.05, 3.63) is 24.0 Å². The maximum atomic E-state index is 12.6. The quantitative estimate of drug-likeness (QED) is 0.377. The second-order valence-electron chi connectivity index (χ2n) is 2.64. The van der Waals surface area contributed by atoms with Gasteiger partial charge in [0.1, 0.15) is 17.3 Å². The van der Waals surface area contributed by atoms with Gasteiger partial charge in [-0.15, -0.1) is 0 Å². The first kappa shape index (κ1) is 10.8. The van der Waals surface area contributed by atoms with Gasteiger partial charge >= 0.3 is 0 Å². The van der Waals surface area contributed by atoms with Gasteiger partial charge in [0.25, 0.3) is 0 Å². The lowest BCUT2D eigenvalue weighted by Crippen LogP contribution is -2.26. The Hall–Kier alpha value is -2.31. The van der Waals surface area contributed by atoms with Gasteiger partial charge in [0.2, 0.25) is 5.96 Å². The molecule has 0 unspecified atom stereocenters. The number of guanidine groups is 2. The molecular formula is C8H10FN5O. The number of nitrogens with two attached hydrogens (primary N) is 3. The lowest BCUT2D eigenvalue weighted by molar-refractivity contribution is 0.470. The minimum absolute atomic E-state index is 0.0823. The van der Waals surface area contributed by atoms with Crippen LogP contribution in [0.2, 0.25) is 0 Å². The average Bonchev–Trinajstić information content (AvgIpc) is 2.08. The fourth-order valence-corrected chi connectivity index (χ4v) is 0.872. The molecule has 1 aromatic rings. The monoisotopic (exact) mass is 211 g/mol. The van der Waals surface area contributed by atoms with Crippen molar-refractivity contribution in [3.63, 3.8) is 0 Å². The van der Waals surface area contributed by atoms with Crippen LogP contribution in [0.1, 0.15) is 0 Å². The Labute approximate surface area is 84.9 Å². The SMILES string of the molecule is NC(N)=NC(N)=Nc1ccc(F)cc1O. The number of phenolic OH excluding ortho intramolecular Hbond substituents is 1. The molecule has 0 aliphatic heterocycles. The van der Waals surface area contributed by atoms with Crippen molar-refractivity contribution < 1.29 is 9.50 Å². The normalized spacial score (nSPS) is 11.1. The summed E-state index contributed by atoms with van der Waals surface area (Å²) in [7, 11) is 0. The lowest BCUT2D eigenvalue weighted by atomic mass is 10.3. The first-order valence-corrected chi connectivity index (χ1v) is 3.91. The van der Waals surface area contributed by atoms with Crippen LogP contribution in [0, 0.1) is 5.82 Å². The second kappa shape index (κ2) is 4.27. The molecule has 15 heavy (non-hydrogen) atoms. The van der Waals surface area contributed by atoms with E-state index in [1.54, 1.807) is 0 Å². The van der Waals surface area contributed by atoms with E-state index >= 15 is 0 Å². The predicted octanol–water partition coefficient (Wildman–Crippen LogP) is -0.249. The van der Waals surface area contributed by atoms with Gasteiger partial charge in [-0.2, -0.15) is 4.99 Å². The van der Waals surface area contributed by atoms with Crippen LogP contribution in [0.15, 0.2) is 28.2 Å². The summed E-state index contributed by atoms with van der Waals surface area (Å²) in [6, 6.07) is 3.28. The molecule has 0 fully saturated rings. The summed E-state index contributed by atoms with van der Waals surface area (Å²) in [5, 5.41) is 9.26. The van der Waals surface area contributed by atoms with Crippen molar-refractivity contribution in [3.8, 4) is 5.75 Å². The van der Waals surface area contributed by atoms with E-state index in [4.69, 9.17) is 17.2 Å². The number of benzene rings is 1. The highest BCUT2D eigenvalue weighted by Crippen LogP contribution is 2.26. The maximum absolute atomic E-state index is 12.6. The largest absolute Gasteiger partial charge is 0.506 e. The molecule has 1 aromatic carbocycles. The van der Waals surface area contributed by atoms with Gasteiger partial charge in [-0.3, -0.25) is 0 Å². The Bertz CT molecular complexity index is 425. The Balaban J connectivity index is 3.03. The summed E-state index contributed by atoms with van der Waals surface area (Å²) >= 11 is 0. The summed E-state index contributed by atoms with van der Waals surface area (Å²) in [5.74, 6) is -1.40. The number of aromatic hydroxyl groups is 1. The van der Waals surface area contributed by atoms with E-state index in [9.17, 15) is 9.50 Å². The number of aliphatic imine (C=N–C) groups is 2. The number of phenols is 1. The van der Waals surface area contributed by atoms with Crippen molar-refractivity contribution in [2.45, 2.75) is 0 Å². The highest BCUT2D eigenvalue weighted by atomic mass is 19.1. The Morgan fingerprint density at radius 3 is 2.47 bits per heavy atom. The minimum Gasteiger partial charge on any atom is -0.506 e. The summed E-state index contributed by atoms with van der Waals surface area (Å²) in [6.07, 6.45) is 0. The van der Waals surface area contributed by atoms with E-state index in [0.717, 1.165) is 12.1 Å². The maximum Gasteiger partial charge on any atom is 0.223 e. The molecule has 7 heteroatoms. The second-order valence-corrected chi connectivity index (χ2v) is 2.64. The standard InChI is InChI=1S/C8H10FN5O/c9-4-1-2-5(6(15)3-4)13-8(12)14-7(10)11/h1-3,15H,(H6,10,11,12,13,14). The molecule has 0 aromatic heterocycles. The van der Waals surface area contributed by atoms with E-state index in [1.165, 1.54) is 6.07 Å². The molecule has 0 saturated carbocycles. The van der Waals surface area contributed by atoms with Crippen molar-refractivity contribution in [2.24, 2.45) is 27.2 Å². The number of halogens is 1. The molecule has 1 rings (SSSR count). The van der Waals surface area contributed by atoms with Gasteiger partial charge in [0.15, 0.2) is 5.96 Å². The molecule has 0 radical (unpaired) electrons. The summed E-state index contributed by atoms with van der Waals surface area (Å²) in [6.45, 7) is 0. The first-order chi connectivity index (χ1) is 6.99. The number of rotatable bonds is 1. The predicted molar refractivity (Wildman–Crippen MR) is 55.2 cm³/mol. The average molecular weight is 211 g/mol. The van der Waals surface area contributed by atoms with Crippen molar-refractivity contribution in [1.82, 2.24) is 0 Å². The molecule has 0 saturated heterocycles. The first-order valence-electron chi connectivity index (χ1n) is 3.91. The molecule has 6 nitrogen and oxygen atoms in total. The van der Waals surface area contributed by atoms with Crippen LogP contribution in [0.3, 0.4) is 0 Å². The minimum atomic E-state index is -0.577. The molecule has 0 aliphatic rings. The lowest BCUT2D eigenvalue weighted by Gasteiger charge is -1.99. The zero-order valence-corrected chi connectivity index (χ0v) is 7.68. The van der Waals surface area contributed by atoms with Gasteiger partial charge in [-0.1, -0.05) is 0 Å². The van der Waals surface area contributed by atoms with Gasteiger partial charge in [-0.05, 0) is 12.1 Å². The summed E-state index contributed by atoms with van der Waals surface area (Å²) in [4.78, 5) is 7.10. The van der Waals surface area contributed by atoms with Crippen molar-refractivity contribution >= 4 is 17.6 Å². The summed E-state index contributed by atoms with van der Waals surface area (Å²) < 4.78 is 12.6. The van der Waals surface area contributed by atoms with Gasteiger partial charge < -0.3 is 22.3 Å². The van der Waals surface area contributed by atoms with Gasteiger partial charge in [-0.25, -0.2) is 9.38 Å². The Morgan fingerprint density at radius 1 is 1.27 bits per heavy atom. The number of hydrogen-bond acceptors (Lipinski definition) is 2. The van der Waals surface area contributed by atoms with Crippen LogP contribution in [0.4, 0.5) is 10.1 Å². The Morgan fingerprint density at radius 2 is 1.93 bits per heavy atom. The molecule has 0 atom stereocenters. The fraction of sp³-hybridized carbons (Fsp3) is 0. The van der Waals surface area contributed by atoms with E-state index < -0.39 is 5.82 Å². The van der Waals surface area contributed by atoms with Crippen molar-refractivity contribution in [2.75, 3.05) is 0 Å². The molecule has 0 aliphatic carbocycles. The van der Waals surface area contributed by atoms with Crippen LogP contribution >= 0.6 is 0 Å². The van der Waals surface area contributed by atoms with Gasteiger partial charge in [0, 0.05) is 6.07 Å². The smallest absolute Gasteiger partial charge is 0.223 e. The molecule has 0 bridgehead atoms. The van der Waals surface area contributed by atoms with Gasteiger partial charge in [0.05, 0.1) is 0 Å². The van der Waals surface area contributed by atoms with E-state index in [1.807, 2.05) is 0 Å². The van der Waals surface area contributed by atoms with Crippen LogP contribution in [-0.2, 0) is 0 Å². The van der Waals surface area contributed by atoms with Crippen LogP contribution in [0.25, 0.3) is 0 Å². The van der Waals surface area contributed by atoms with Crippen molar-refractivity contribution in [1.29, 1.82) is 0 Å². The fourth-order valence-electron chi connectivity index (χ4n) is 0.872. The third-order valence-electron chi connectivity index (χ3n) is 1.42. The third kappa shape index (κ3) is 3.14. The third-order valence-corrected chi connectivity index (χ3v) is 1.42. The van der Waals surface area contributed by atoms with E-state index in [-0.39, 0.29) is 23.4 Å². The molecule has 7 N–H and O–H groups in total. The highest BCUT2D eigenvalue weighted by molar-refractivity contribution is 5.93. The molecular weight excluding hydrogens is 201 g/mol. The topological polar surface area (TPSA) is 123 Å². The van der Waals surface area contributed by atoms with Crippen LogP contribution < -0.4 is 17.2 Å². The highest BCUT2D eigenvalue weighted by Gasteiger charge is 2.01. The molecule has 0 spiro atoms. The zero-order valence-electron chi connectivity index (χ0n) is 7.68. The van der Waals surface area contributed by atoms with E-state index in [0.29, 0.717) is 0 Å². The number of nitrogens with zero attached hydrogens (tertiary/aromatic N) is 2. The zero-order chi connectivity index (χ0) is 11.4. The molecule has 0 amide bonds.